The van der Waals surface area contributed by atoms with E-state index in [4.69, 9.17) is 4.74 Å². The number of nitrogens with zero attached hydrogens (tertiary/aromatic N) is 3. The van der Waals surface area contributed by atoms with Gasteiger partial charge in [-0.2, -0.15) is 5.10 Å². The fourth-order valence-electron chi connectivity index (χ4n) is 2.08. The van der Waals surface area contributed by atoms with Gasteiger partial charge in [-0.25, -0.2) is 4.98 Å². The first-order valence-electron chi connectivity index (χ1n) is 6.32. The minimum atomic E-state index is -0.571. The number of aryl methyl sites for hydroxylation is 2. The maximum absolute atomic E-state index is 12.3. The Morgan fingerprint density at radius 2 is 2.25 bits per heavy atom. The number of rotatable bonds is 4. The number of esters is 1. The van der Waals surface area contributed by atoms with Crippen molar-refractivity contribution in [3.63, 3.8) is 0 Å². The Kier molecular flexibility index (Phi) is 4.54. The Hall–Kier alpha value is -1.69. The van der Waals surface area contributed by atoms with Crippen LogP contribution in [-0.2, 0) is 16.6 Å². The summed E-state index contributed by atoms with van der Waals surface area (Å²) in [6, 6.07) is 7.57. The molecular weight excluding hydrogens is 322 g/mol. The first-order chi connectivity index (χ1) is 9.52. The molecule has 2 aromatic rings. The van der Waals surface area contributed by atoms with Crippen molar-refractivity contribution in [2.45, 2.75) is 19.8 Å². The van der Waals surface area contributed by atoms with Crippen molar-refractivity contribution >= 4 is 21.9 Å². The predicted octanol–water partition coefficient (Wildman–Crippen LogP) is 2.58. The molecule has 1 aromatic heterocycles. The van der Waals surface area contributed by atoms with Crippen molar-refractivity contribution in [2.75, 3.05) is 6.61 Å². The molecule has 0 radical (unpaired) electrons. The zero-order valence-corrected chi connectivity index (χ0v) is 13.2. The van der Waals surface area contributed by atoms with Crippen LogP contribution in [-0.4, -0.2) is 27.3 Å². The number of ether oxygens (including phenoxy) is 1. The van der Waals surface area contributed by atoms with Gasteiger partial charge in [0.1, 0.15) is 17.6 Å². The molecule has 0 aliphatic heterocycles. The van der Waals surface area contributed by atoms with Gasteiger partial charge in [-0.05, 0) is 31.5 Å². The predicted molar refractivity (Wildman–Crippen MR) is 78.4 cm³/mol. The summed E-state index contributed by atoms with van der Waals surface area (Å²) in [6.45, 7) is 3.92. The smallest absolute Gasteiger partial charge is 0.321 e. The molecule has 0 fully saturated rings. The third-order valence-corrected chi connectivity index (χ3v) is 3.36. The summed E-state index contributed by atoms with van der Waals surface area (Å²) in [4.78, 5) is 16.7. The van der Waals surface area contributed by atoms with E-state index < -0.39 is 5.92 Å². The van der Waals surface area contributed by atoms with Gasteiger partial charge in [0.15, 0.2) is 0 Å². The normalized spacial score (nSPS) is 12.2. The van der Waals surface area contributed by atoms with Gasteiger partial charge < -0.3 is 4.74 Å². The number of carbonyl (C=O) groups is 1. The molecule has 20 heavy (non-hydrogen) atoms. The van der Waals surface area contributed by atoms with Gasteiger partial charge in [0.25, 0.3) is 0 Å². The molecule has 5 nitrogen and oxygen atoms in total. The minimum Gasteiger partial charge on any atom is -0.465 e. The molecule has 2 rings (SSSR count). The summed E-state index contributed by atoms with van der Waals surface area (Å²) in [6.07, 6.45) is 0. The van der Waals surface area contributed by atoms with Crippen LogP contribution in [0, 0.1) is 6.92 Å². The molecule has 0 aliphatic rings. The van der Waals surface area contributed by atoms with Crippen molar-refractivity contribution in [1.29, 1.82) is 0 Å². The van der Waals surface area contributed by atoms with Gasteiger partial charge in [-0.1, -0.05) is 28.1 Å². The molecule has 0 saturated carbocycles. The number of hydrogen-bond donors (Lipinski definition) is 0. The fraction of sp³-hybridized carbons (Fsp3) is 0.357. The van der Waals surface area contributed by atoms with Gasteiger partial charge in [0.2, 0.25) is 0 Å². The third-order valence-electron chi connectivity index (χ3n) is 2.87. The zero-order valence-electron chi connectivity index (χ0n) is 11.6. The van der Waals surface area contributed by atoms with Crippen LogP contribution in [0.4, 0.5) is 0 Å². The minimum absolute atomic E-state index is 0.318. The number of carbonyl (C=O) groups excluding carboxylic acids is 1. The second-order valence-corrected chi connectivity index (χ2v) is 5.30. The van der Waals surface area contributed by atoms with Crippen molar-refractivity contribution in [3.05, 3.63) is 46.0 Å². The lowest BCUT2D eigenvalue weighted by Gasteiger charge is -2.15. The van der Waals surface area contributed by atoms with E-state index in [0.717, 1.165) is 10.0 Å². The molecule has 0 bridgehead atoms. The van der Waals surface area contributed by atoms with E-state index in [1.807, 2.05) is 24.3 Å². The van der Waals surface area contributed by atoms with Gasteiger partial charge >= 0.3 is 5.97 Å². The zero-order chi connectivity index (χ0) is 14.7. The lowest BCUT2D eigenvalue weighted by molar-refractivity contribution is -0.144. The van der Waals surface area contributed by atoms with E-state index >= 15 is 0 Å². The monoisotopic (exact) mass is 337 g/mol. The molecule has 0 N–H and O–H groups in total. The molecule has 1 unspecified atom stereocenters. The highest BCUT2D eigenvalue weighted by molar-refractivity contribution is 9.10. The van der Waals surface area contributed by atoms with E-state index in [9.17, 15) is 4.79 Å². The Morgan fingerprint density at radius 3 is 2.80 bits per heavy atom. The highest BCUT2D eigenvalue weighted by Gasteiger charge is 2.29. The summed E-state index contributed by atoms with van der Waals surface area (Å²) in [7, 11) is 1.78. The average Bonchev–Trinajstić information content (AvgIpc) is 2.69. The maximum atomic E-state index is 12.3. The van der Waals surface area contributed by atoms with Crippen molar-refractivity contribution in [1.82, 2.24) is 14.8 Å². The Morgan fingerprint density at radius 1 is 1.50 bits per heavy atom. The fourth-order valence-corrected chi connectivity index (χ4v) is 2.50. The number of hydrogen-bond acceptors (Lipinski definition) is 4. The van der Waals surface area contributed by atoms with Crippen molar-refractivity contribution in [3.8, 4) is 0 Å². The first kappa shape index (κ1) is 14.7. The molecule has 0 saturated heterocycles. The largest absolute Gasteiger partial charge is 0.465 e. The topological polar surface area (TPSA) is 57.0 Å². The molecule has 1 atom stereocenters. The van der Waals surface area contributed by atoms with Crippen LogP contribution >= 0.6 is 15.9 Å². The molecule has 0 spiro atoms. The maximum Gasteiger partial charge on any atom is 0.321 e. The van der Waals surface area contributed by atoms with Crippen molar-refractivity contribution < 1.29 is 9.53 Å². The molecule has 0 amide bonds. The highest BCUT2D eigenvalue weighted by Crippen LogP contribution is 2.26. The van der Waals surface area contributed by atoms with Crippen LogP contribution in [0.1, 0.15) is 30.1 Å². The summed E-state index contributed by atoms with van der Waals surface area (Å²) in [5.41, 5.74) is 0.827. The standard InChI is InChI=1S/C14H16BrN3O2/c1-4-20-14(19)12(10-6-5-7-11(15)8-10)13-16-9(2)17-18(13)3/h5-8,12H,4H2,1-3H3. The van der Waals surface area contributed by atoms with E-state index in [0.29, 0.717) is 18.3 Å². The number of halogens is 1. The Balaban J connectivity index is 2.50. The lowest BCUT2D eigenvalue weighted by atomic mass is 9.98. The summed E-state index contributed by atoms with van der Waals surface area (Å²) in [5.74, 6) is 0.325. The molecule has 1 heterocycles. The van der Waals surface area contributed by atoms with Crippen LogP contribution < -0.4 is 0 Å². The van der Waals surface area contributed by atoms with Gasteiger partial charge in [-0.15, -0.1) is 0 Å². The van der Waals surface area contributed by atoms with Crippen LogP contribution in [0.25, 0.3) is 0 Å². The van der Waals surface area contributed by atoms with Gasteiger partial charge in [0, 0.05) is 11.5 Å². The summed E-state index contributed by atoms with van der Waals surface area (Å²) in [5, 5.41) is 4.21. The third kappa shape index (κ3) is 3.07. The van der Waals surface area contributed by atoms with Crippen LogP contribution in [0.15, 0.2) is 28.7 Å². The second kappa shape index (κ2) is 6.17. The van der Waals surface area contributed by atoms with E-state index in [1.165, 1.54) is 0 Å². The van der Waals surface area contributed by atoms with Gasteiger partial charge in [-0.3, -0.25) is 9.48 Å². The molecule has 6 heteroatoms. The summed E-state index contributed by atoms with van der Waals surface area (Å²) < 4.78 is 7.71. The summed E-state index contributed by atoms with van der Waals surface area (Å²) >= 11 is 3.42. The van der Waals surface area contributed by atoms with E-state index in [1.54, 1.807) is 25.6 Å². The van der Waals surface area contributed by atoms with Gasteiger partial charge in [0.05, 0.1) is 6.61 Å². The lowest BCUT2D eigenvalue weighted by Crippen LogP contribution is -2.21. The second-order valence-electron chi connectivity index (χ2n) is 4.38. The quantitative estimate of drug-likeness (QED) is 0.804. The first-order valence-corrected chi connectivity index (χ1v) is 7.12. The van der Waals surface area contributed by atoms with E-state index in [-0.39, 0.29) is 5.97 Å². The number of aromatic nitrogens is 3. The Bertz CT molecular complexity index is 625. The van der Waals surface area contributed by atoms with Crippen LogP contribution in [0.2, 0.25) is 0 Å². The Labute approximate surface area is 126 Å². The molecule has 0 aliphatic carbocycles. The number of benzene rings is 1. The average molecular weight is 338 g/mol. The van der Waals surface area contributed by atoms with Crippen LogP contribution in [0.5, 0.6) is 0 Å². The highest BCUT2D eigenvalue weighted by atomic mass is 79.9. The molecule has 1 aromatic carbocycles. The van der Waals surface area contributed by atoms with Crippen LogP contribution in [0.3, 0.4) is 0 Å². The SMILES string of the molecule is CCOC(=O)C(c1cccc(Br)c1)c1nc(C)nn1C. The molecule has 106 valence electrons. The van der Waals surface area contributed by atoms with E-state index in [2.05, 4.69) is 26.0 Å². The van der Waals surface area contributed by atoms with Crippen molar-refractivity contribution in [2.24, 2.45) is 7.05 Å². The molecular formula is C14H16BrN3O2.